The Bertz CT molecular complexity index is 440. The van der Waals surface area contributed by atoms with Crippen LogP contribution in [0.15, 0.2) is 18.2 Å². The van der Waals surface area contributed by atoms with E-state index in [4.69, 9.17) is 27.4 Å². The predicted octanol–water partition coefficient (Wildman–Crippen LogP) is 1.32. The van der Waals surface area contributed by atoms with Crippen LogP contribution >= 0.6 is 12.2 Å². The molecule has 0 unspecified atom stereocenters. The second kappa shape index (κ2) is 8.73. The summed E-state index contributed by atoms with van der Waals surface area (Å²) in [5.41, 5.74) is 7.46. The van der Waals surface area contributed by atoms with Gasteiger partial charge in [0.05, 0.1) is 13.7 Å². The van der Waals surface area contributed by atoms with E-state index in [1.54, 1.807) is 14.2 Å². The molecule has 112 valence electrons. The Morgan fingerprint density at radius 3 is 2.70 bits per heavy atom. The van der Waals surface area contributed by atoms with E-state index in [1.807, 2.05) is 18.2 Å². The van der Waals surface area contributed by atoms with Crippen LogP contribution in [0.25, 0.3) is 0 Å². The van der Waals surface area contributed by atoms with Crippen LogP contribution in [0.1, 0.15) is 5.56 Å². The summed E-state index contributed by atoms with van der Waals surface area (Å²) in [6.45, 7) is 3.33. The first-order valence-corrected chi connectivity index (χ1v) is 6.88. The molecule has 0 atom stereocenters. The van der Waals surface area contributed by atoms with Gasteiger partial charge in [0, 0.05) is 44.1 Å². The topological polar surface area (TPSA) is 59.8 Å². The van der Waals surface area contributed by atoms with Gasteiger partial charge in [0.15, 0.2) is 0 Å². The lowest BCUT2D eigenvalue weighted by atomic mass is 10.1. The second-order valence-electron chi connectivity index (χ2n) is 4.50. The van der Waals surface area contributed by atoms with Gasteiger partial charge in [-0.25, -0.2) is 0 Å². The van der Waals surface area contributed by atoms with Crippen molar-refractivity contribution in [1.82, 2.24) is 4.90 Å². The zero-order valence-corrected chi connectivity index (χ0v) is 13.1. The van der Waals surface area contributed by atoms with Crippen LogP contribution in [0.4, 0.5) is 5.69 Å². The number of methoxy groups -OCH3 is 2. The number of nitrogens with two attached hydrogens (primary N) is 1. The van der Waals surface area contributed by atoms with Gasteiger partial charge in [-0.15, -0.1) is 0 Å². The molecule has 0 aliphatic rings. The van der Waals surface area contributed by atoms with Crippen molar-refractivity contribution < 1.29 is 9.47 Å². The Morgan fingerprint density at radius 1 is 1.35 bits per heavy atom. The summed E-state index contributed by atoms with van der Waals surface area (Å²) in [6, 6.07) is 5.63. The summed E-state index contributed by atoms with van der Waals surface area (Å²) >= 11 is 5.06. The van der Waals surface area contributed by atoms with Gasteiger partial charge in [-0.1, -0.05) is 12.2 Å². The molecule has 1 rings (SSSR count). The van der Waals surface area contributed by atoms with Crippen LogP contribution in [-0.4, -0.2) is 57.4 Å². The molecular formula is C14H23N3O2S. The summed E-state index contributed by atoms with van der Waals surface area (Å²) in [6.07, 6.45) is 0. The molecule has 0 saturated heterocycles. The third kappa shape index (κ3) is 5.32. The lowest BCUT2D eigenvalue weighted by molar-refractivity contribution is 0.163. The van der Waals surface area contributed by atoms with Gasteiger partial charge in [-0.2, -0.15) is 0 Å². The molecule has 0 fully saturated rings. The first-order chi connectivity index (χ1) is 9.58. The number of ether oxygens (including phenoxy) is 2. The molecule has 0 spiro atoms. The summed E-state index contributed by atoms with van der Waals surface area (Å²) < 4.78 is 10.3. The fourth-order valence-electron chi connectivity index (χ4n) is 1.75. The van der Waals surface area contributed by atoms with Crippen molar-refractivity contribution in [3.05, 3.63) is 23.8 Å². The van der Waals surface area contributed by atoms with Gasteiger partial charge < -0.3 is 25.4 Å². The van der Waals surface area contributed by atoms with Gasteiger partial charge in [0.1, 0.15) is 10.7 Å². The van der Waals surface area contributed by atoms with Gasteiger partial charge in [-0.05, 0) is 19.2 Å². The van der Waals surface area contributed by atoms with Gasteiger partial charge >= 0.3 is 0 Å². The smallest absolute Gasteiger partial charge is 0.120 e. The highest BCUT2D eigenvalue weighted by Crippen LogP contribution is 2.22. The Balaban J connectivity index is 2.59. The first kappa shape index (κ1) is 16.7. The summed E-state index contributed by atoms with van der Waals surface area (Å²) in [4.78, 5) is 2.57. The maximum Gasteiger partial charge on any atom is 0.120 e. The Labute approximate surface area is 126 Å². The number of benzene rings is 1. The van der Waals surface area contributed by atoms with Crippen LogP contribution in [0.3, 0.4) is 0 Å². The number of rotatable bonds is 9. The average molecular weight is 297 g/mol. The maximum atomic E-state index is 5.73. The minimum Gasteiger partial charge on any atom is -0.497 e. The molecule has 3 N–H and O–H groups in total. The molecule has 1 aromatic rings. The minimum absolute atomic E-state index is 0.378. The predicted molar refractivity (Wildman–Crippen MR) is 86.7 cm³/mol. The van der Waals surface area contributed by atoms with E-state index in [-0.39, 0.29) is 0 Å². The van der Waals surface area contributed by atoms with Crippen molar-refractivity contribution in [2.24, 2.45) is 5.73 Å². The van der Waals surface area contributed by atoms with E-state index in [9.17, 15) is 0 Å². The van der Waals surface area contributed by atoms with Gasteiger partial charge in [-0.3, -0.25) is 0 Å². The molecule has 0 amide bonds. The molecule has 0 saturated carbocycles. The van der Waals surface area contributed by atoms with E-state index in [0.29, 0.717) is 4.99 Å². The molecule has 5 nitrogen and oxygen atoms in total. The number of likely N-dealkylation sites (N-methyl/N-ethyl adjacent to an activating group) is 1. The summed E-state index contributed by atoms with van der Waals surface area (Å²) in [7, 11) is 5.40. The number of nitrogens with one attached hydrogen (secondary N) is 1. The fraction of sp³-hybridized carbons (Fsp3) is 0.500. The molecular weight excluding hydrogens is 274 g/mol. The van der Waals surface area contributed by atoms with E-state index in [2.05, 4.69) is 17.3 Å². The molecule has 0 aromatic heterocycles. The molecule has 0 aliphatic heterocycles. The van der Waals surface area contributed by atoms with Crippen LogP contribution in [0, 0.1) is 0 Å². The Hall–Kier alpha value is -1.37. The Morgan fingerprint density at radius 2 is 2.10 bits per heavy atom. The SMILES string of the molecule is COCCN(C)CCNc1cc(OC)ccc1C(N)=S. The number of anilines is 1. The zero-order valence-electron chi connectivity index (χ0n) is 12.3. The maximum absolute atomic E-state index is 5.73. The number of hydrogen-bond donors (Lipinski definition) is 2. The highest BCUT2D eigenvalue weighted by atomic mass is 32.1. The van der Waals surface area contributed by atoms with Crippen molar-refractivity contribution in [2.45, 2.75) is 0 Å². The second-order valence-corrected chi connectivity index (χ2v) is 4.94. The molecule has 0 aliphatic carbocycles. The summed E-state index contributed by atoms with van der Waals surface area (Å²) in [5.74, 6) is 0.778. The van der Waals surface area contributed by atoms with Crippen molar-refractivity contribution in [2.75, 3.05) is 52.8 Å². The molecule has 20 heavy (non-hydrogen) atoms. The van der Waals surface area contributed by atoms with Crippen molar-refractivity contribution in [3.8, 4) is 5.75 Å². The Kier molecular flexibility index (Phi) is 7.28. The normalized spacial score (nSPS) is 10.6. The van der Waals surface area contributed by atoms with E-state index < -0.39 is 0 Å². The molecule has 0 radical (unpaired) electrons. The third-order valence-electron chi connectivity index (χ3n) is 2.98. The largest absolute Gasteiger partial charge is 0.497 e. The highest BCUT2D eigenvalue weighted by molar-refractivity contribution is 7.80. The molecule has 1 aromatic carbocycles. The van der Waals surface area contributed by atoms with Crippen LogP contribution in [0.2, 0.25) is 0 Å². The van der Waals surface area contributed by atoms with Crippen LogP contribution in [0.5, 0.6) is 5.75 Å². The van der Waals surface area contributed by atoms with Crippen LogP contribution < -0.4 is 15.8 Å². The van der Waals surface area contributed by atoms with E-state index in [1.165, 1.54) is 0 Å². The van der Waals surface area contributed by atoms with Crippen molar-refractivity contribution in [3.63, 3.8) is 0 Å². The minimum atomic E-state index is 0.378. The quantitative estimate of drug-likeness (QED) is 0.671. The number of nitrogens with zero attached hydrogens (tertiary/aromatic N) is 1. The van der Waals surface area contributed by atoms with Gasteiger partial charge in [0.2, 0.25) is 0 Å². The zero-order chi connectivity index (χ0) is 15.0. The number of thiocarbonyl (C=S) groups is 1. The third-order valence-corrected chi connectivity index (χ3v) is 3.20. The molecule has 6 heteroatoms. The highest BCUT2D eigenvalue weighted by Gasteiger charge is 2.07. The van der Waals surface area contributed by atoms with E-state index in [0.717, 1.165) is 43.2 Å². The van der Waals surface area contributed by atoms with E-state index >= 15 is 0 Å². The van der Waals surface area contributed by atoms with Crippen LogP contribution in [-0.2, 0) is 4.74 Å². The van der Waals surface area contributed by atoms with Gasteiger partial charge in [0.25, 0.3) is 0 Å². The monoisotopic (exact) mass is 297 g/mol. The number of hydrogen-bond acceptors (Lipinski definition) is 5. The molecule has 0 bridgehead atoms. The lowest BCUT2D eigenvalue weighted by Gasteiger charge is -2.18. The molecule has 0 heterocycles. The lowest BCUT2D eigenvalue weighted by Crippen LogP contribution is -2.28. The van der Waals surface area contributed by atoms with Crippen molar-refractivity contribution in [1.29, 1.82) is 0 Å². The van der Waals surface area contributed by atoms with Crippen molar-refractivity contribution >= 4 is 22.9 Å². The summed E-state index contributed by atoms with van der Waals surface area (Å²) in [5, 5.41) is 3.35. The first-order valence-electron chi connectivity index (χ1n) is 6.47. The average Bonchev–Trinajstić information content (AvgIpc) is 2.44. The standard InChI is InChI=1S/C14H23N3O2S/c1-17(8-9-18-2)7-6-16-13-10-11(19-3)4-5-12(13)14(15)20/h4-5,10,16H,6-9H2,1-3H3,(H2,15,20). The fourth-order valence-corrected chi connectivity index (χ4v) is 1.93.